The Morgan fingerprint density at radius 3 is 2.95 bits per heavy atom. The van der Waals surface area contributed by atoms with Gasteiger partial charge in [-0.3, -0.25) is 9.59 Å². The fourth-order valence-corrected chi connectivity index (χ4v) is 2.51. The lowest BCUT2D eigenvalue weighted by Gasteiger charge is -2.30. The van der Waals surface area contributed by atoms with E-state index in [1.165, 1.54) is 0 Å². The van der Waals surface area contributed by atoms with Crippen molar-refractivity contribution < 1.29 is 19.4 Å². The molecule has 1 heterocycles. The minimum atomic E-state index is -0.823. The highest BCUT2D eigenvalue weighted by atomic mass is 16.5. The summed E-state index contributed by atoms with van der Waals surface area (Å²) in [6.07, 6.45) is 1.38. The van der Waals surface area contributed by atoms with Crippen molar-refractivity contribution in [1.29, 1.82) is 0 Å². The normalized spacial score (nSPS) is 18.9. The Kier molecular flexibility index (Phi) is 4.74. The van der Waals surface area contributed by atoms with Gasteiger partial charge in [-0.1, -0.05) is 12.1 Å². The van der Waals surface area contributed by atoms with Gasteiger partial charge < -0.3 is 14.7 Å². The molecule has 1 fully saturated rings. The molecule has 0 radical (unpaired) electrons. The fraction of sp³-hybridized carbons (Fsp3) is 0.467. The largest absolute Gasteiger partial charge is 0.481 e. The second kappa shape index (κ2) is 6.52. The molecule has 2 rings (SSSR count). The first-order chi connectivity index (χ1) is 9.61. The van der Waals surface area contributed by atoms with Gasteiger partial charge in [0.15, 0.2) is 0 Å². The number of likely N-dealkylation sites (tertiary alicyclic amines) is 1. The summed E-state index contributed by atoms with van der Waals surface area (Å²) >= 11 is 0. The number of carbonyl (C=O) groups excluding carboxylic acids is 1. The third-order valence-corrected chi connectivity index (χ3v) is 3.54. The number of ether oxygens (including phenoxy) is 1. The van der Waals surface area contributed by atoms with Crippen molar-refractivity contribution in [2.45, 2.75) is 19.4 Å². The number of carboxylic acid groups (broad SMARTS) is 1. The second-order valence-corrected chi connectivity index (χ2v) is 5.06. The van der Waals surface area contributed by atoms with Crippen LogP contribution in [0.4, 0.5) is 0 Å². The third kappa shape index (κ3) is 3.36. The number of methoxy groups -OCH3 is 1. The van der Waals surface area contributed by atoms with E-state index < -0.39 is 11.9 Å². The van der Waals surface area contributed by atoms with E-state index in [9.17, 15) is 9.59 Å². The Morgan fingerprint density at radius 2 is 2.25 bits per heavy atom. The minimum Gasteiger partial charge on any atom is -0.481 e. The molecule has 1 N–H and O–H groups in total. The number of carbonyl (C=O) groups is 2. The molecule has 1 aliphatic heterocycles. The molecule has 0 aliphatic carbocycles. The van der Waals surface area contributed by atoms with Crippen LogP contribution in [-0.4, -0.2) is 42.1 Å². The Balaban J connectivity index is 2.10. The maximum absolute atomic E-state index is 12.4. The summed E-state index contributed by atoms with van der Waals surface area (Å²) in [5.41, 5.74) is 1.52. The summed E-state index contributed by atoms with van der Waals surface area (Å²) in [6.45, 7) is 1.37. The van der Waals surface area contributed by atoms with Crippen LogP contribution >= 0.6 is 0 Å². The number of carboxylic acids is 1. The molecule has 1 atom stereocenters. The van der Waals surface area contributed by atoms with Crippen LogP contribution in [0.2, 0.25) is 0 Å². The van der Waals surface area contributed by atoms with Crippen LogP contribution in [0.1, 0.15) is 28.8 Å². The Bertz CT molecular complexity index is 500. The van der Waals surface area contributed by atoms with Crippen LogP contribution in [0.3, 0.4) is 0 Å². The monoisotopic (exact) mass is 277 g/mol. The lowest BCUT2D eigenvalue weighted by Crippen LogP contribution is -2.42. The van der Waals surface area contributed by atoms with E-state index >= 15 is 0 Å². The van der Waals surface area contributed by atoms with Crippen LogP contribution in [-0.2, 0) is 16.1 Å². The smallest absolute Gasteiger partial charge is 0.308 e. The number of aliphatic carboxylic acids is 1. The minimum absolute atomic E-state index is 0.103. The van der Waals surface area contributed by atoms with E-state index in [0.29, 0.717) is 31.7 Å². The number of amides is 1. The molecule has 20 heavy (non-hydrogen) atoms. The van der Waals surface area contributed by atoms with E-state index in [1.807, 2.05) is 12.1 Å². The van der Waals surface area contributed by atoms with Gasteiger partial charge in [0.2, 0.25) is 0 Å². The molecule has 1 amide bonds. The van der Waals surface area contributed by atoms with Crippen molar-refractivity contribution in [2.75, 3.05) is 20.2 Å². The zero-order valence-corrected chi connectivity index (χ0v) is 11.5. The van der Waals surface area contributed by atoms with Crippen molar-refractivity contribution in [2.24, 2.45) is 5.92 Å². The fourth-order valence-electron chi connectivity index (χ4n) is 2.51. The number of benzene rings is 1. The van der Waals surface area contributed by atoms with Gasteiger partial charge in [0.25, 0.3) is 5.91 Å². The summed E-state index contributed by atoms with van der Waals surface area (Å²) in [4.78, 5) is 25.1. The lowest BCUT2D eigenvalue weighted by atomic mass is 9.97. The summed E-state index contributed by atoms with van der Waals surface area (Å²) in [7, 11) is 1.61. The van der Waals surface area contributed by atoms with Crippen LogP contribution in [0.15, 0.2) is 24.3 Å². The van der Waals surface area contributed by atoms with Gasteiger partial charge in [-0.05, 0) is 30.5 Å². The highest BCUT2D eigenvalue weighted by Gasteiger charge is 2.28. The molecule has 1 aromatic carbocycles. The maximum atomic E-state index is 12.4. The van der Waals surface area contributed by atoms with Crippen molar-refractivity contribution >= 4 is 11.9 Å². The predicted octanol–water partition coefficient (Wildman–Crippen LogP) is 1.77. The number of rotatable bonds is 4. The molecular formula is C15H19NO4. The van der Waals surface area contributed by atoms with Crippen LogP contribution in [0, 0.1) is 5.92 Å². The van der Waals surface area contributed by atoms with Crippen LogP contribution < -0.4 is 0 Å². The highest BCUT2D eigenvalue weighted by Crippen LogP contribution is 2.19. The maximum Gasteiger partial charge on any atom is 0.308 e. The average Bonchev–Trinajstić information content (AvgIpc) is 2.47. The standard InChI is InChI=1S/C15H19NO4/c1-20-10-11-4-2-5-12(8-11)14(17)16-7-3-6-13(9-16)15(18)19/h2,4-5,8,13H,3,6-7,9-10H2,1H3,(H,18,19). The lowest BCUT2D eigenvalue weighted by molar-refractivity contribution is -0.143. The molecule has 1 aliphatic rings. The zero-order chi connectivity index (χ0) is 14.5. The third-order valence-electron chi connectivity index (χ3n) is 3.54. The Labute approximate surface area is 118 Å². The molecular weight excluding hydrogens is 258 g/mol. The van der Waals surface area contributed by atoms with E-state index in [2.05, 4.69) is 0 Å². The van der Waals surface area contributed by atoms with E-state index in [4.69, 9.17) is 9.84 Å². The van der Waals surface area contributed by atoms with Crippen LogP contribution in [0.5, 0.6) is 0 Å². The first-order valence-corrected chi connectivity index (χ1v) is 6.71. The summed E-state index contributed by atoms with van der Waals surface area (Å²) in [5.74, 6) is -1.38. The molecule has 0 aromatic heterocycles. The molecule has 5 heteroatoms. The van der Waals surface area contributed by atoms with Gasteiger partial charge in [0.1, 0.15) is 0 Å². The summed E-state index contributed by atoms with van der Waals surface area (Å²) in [5, 5.41) is 9.07. The molecule has 0 saturated carbocycles. The predicted molar refractivity (Wildman–Crippen MR) is 73.4 cm³/mol. The highest BCUT2D eigenvalue weighted by molar-refractivity contribution is 5.94. The van der Waals surface area contributed by atoms with Gasteiger partial charge in [-0.15, -0.1) is 0 Å². The first kappa shape index (κ1) is 14.5. The van der Waals surface area contributed by atoms with Crippen molar-refractivity contribution in [1.82, 2.24) is 4.90 Å². The Morgan fingerprint density at radius 1 is 1.45 bits per heavy atom. The van der Waals surface area contributed by atoms with Gasteiger partial charge >= 0.3 is 5.97 Å². The molecule has 0 bridgehead atoms. The van der Waals surface area contributed by atoms with Crippen molar-refractivity contribution in [3.63, 3.8) is 0 Å². The van der Waals surface area contributed by atoms with Crippen molar-refractivity contribution in [3.8, 4) is 0 Å². The van der Waals surface area contributed by atoms with Crippen LogP contribution in [0.25, 0.3) is 0 Å². The van der Waals surface area contributed by atoms with Gasteiger partial charge in [0, 0.05) is 25.8 Å². The second-order valence-electron chi connectivity index (χ2n) is 5.06. The molecule has 1 saturated heterocycles. The number of hydrogen-bond acceptors (Lipinski definition) is 3. The van der Waals surface area contributed by atoms with Gasteiger partial charge in [0.05, 0.1) is 12.5 Å². The SMILES string of the molecule is COCc1cccc(C(=O)N2CCCC(C(=O)O)C2)c1. The molecule has 5 nitrogen and oxygen atoms in total. The zero-order valence-electron chi connectivity index (χ0n) is 11.5. The first-order valence-electron chi connectivity index (χ1n) is 6.71. The Hall–Kier alpha value is -1.88. The molecule has 1 aromatic rings. The van der Waals surface area contributed by atoms with E-state index in [0.717, 1.165) is 12.0 Å². The molecule has 1 unspecified atom stereocenters. The van der Waals surface area contributed by atoms with Crippen molar-refractivity contribution in [3.05, 3.63) is 35.4 Å². The molecule has 108 valence electrons. The topological polar surface area (TPSA) is 66.8 Å². The van der Waals surface area contributed by atoms with E-state index in [1.54, 1.807) is 24.1 Å². The summed E-state index contributed by atoms with van der Waals surface area (Å²) in [6, 6.07) is 7.28. The summed E-state index contributed by atoms with van der Waals surface area (Å²) < 4.78 is 5.05. The quantitative estimate of drug-likeness (QED) is 0.910. The average molecular weight is 277 g/mol. The van der Waals surface area contributed by atoms with Gasteiger partial charge in [-0.2, -0.15) is 0 Å². The number of hydrogen-bond donors (Lipinski definition) is 1. The number of piperidine rings is 1. The van der Waals surface area contributed by atoms with E-state index in [-0.39, 0.29) is 5.91 Å². The molecule has 0 spiro atoms. The number of nitrogens with zero attached hydrogens (tertiary/aromatic N) is 1. The van der Waals surface area contributed by atoms with Gasteiger partial charge in [-0.25, -0.2) is 0 Å².